The van der Waals surface area contributed by atoms with Crippen molar-refractivity contribution in [3.8, 4) is 0 Å². The van der Waals surface area contributed by atoms with Crippen LogP contribution >= 0.6 is 0 Å². The van der Waals surface area contributed by atoms with Crippen molar-refractivity contribution in [1.29, 1.82) is 0 Å². The van der Waals surface area contributed by atoms with Crippen LogP contribution in [0, 0.1) is 6.92 Å². The topological polar surface area (TPSA) is 0 Å². The molecule has 0 N–H and O–H groups in total. The number of rotatable bonds is 12. The molecule has 0 atom stereocenters. The second-order valence-electron chi connectivity index (χ2n) is 4.73. The maximum Gasteiger partial charge on any atom is -0.0351 e. The highest BCUT2D eigenvalue weighted by molar-refractivity contribution is 4.81. The molecule has 0 aromatic heterocycles. The zero-order chi connectivity index (χ0) is 11.9. The minimum atomic E-state index is 1.11. The Labute approximate surface area is 104 Å². The highest BCUT2D eigenvalue weighted by atomic mass is 13.9. The average molecular weight is 223 g/mol. The number of hydrogen-bond acceptors (Lipinski definition) is 0. The first-order valence-electron chi connectivity index (χ1n) is 7.36. The van der Waals surface area contributed by atoms with Gasteiger partial charge in [-0.05, 0) is 25.7 Å². The molecular formula is C16H31. The Balaban J connectivity index is 2.98. The molecule has 0 rings (SSSR count). The quantitative estimate of drug-likeness (QED) is 0.278. The number of hydrogen-bond donors (Lipinski definition) is 0. The van der Waals surface area contributed by atoms with E-state index in [0.717, 1.165) is 6.42 Å². The van der Waals surface area contributed by atoms with Crippen molar-refractivity contribution in [3.63, 3.8) is 0 Å². The Morgan fingerprint density at radius 2 is 1.19 bits per heavy atom. The Morgan fingerprint density at radius 3 is 1.75 bits per heavy atom. The third-order valence-electron chi connectivity index (χ3n) is 3.01. The summed E-state index contributed by atoms with van der Waals surface area (Å²) >= 11 is 0. The smallest absolute Gasteiger partial charge is 0.0351 e. The van der Waals surface area contributed by atoms with Gasteiger partial charge in [0.2, 0.25) is 0 Å². The molecule has 0 heterocycles. The van der Waals surface area contributed by atoms with Crippen molar-refractivity contribution in [1.82, 2.24) is 0 Å². The molecule has 0 saturated carbocycles. The maximum absolute atomic E-state index is 3.86. The van der Waals surface area contributed by atoms with Crippen LogP contribution in [0.5, 0.6) is 0 Å². The minimum Gasteiger partial charge on any atom is -0.0885 e. The van der Waals surface area contributed by atoms with E-state index in [1.807, 2.05) is 0 Å². The standard InChI is InChI=1S/C16H31/c1-3-5-7-9-11-13-15-16-14-12-10-8-6-4-2/h14,16H,1,3-13,15H2,2H3. The fourth-order valence-electron chi connectivity index (χ4n) is 1.89. The van der Waals surface area contributed by atoms with Crippen molar-refractivity contribution in [3.05, 3.63) is 19.1 Å². The summed E-state index contributed by atoms with van der Waals surface area (Å²) in [6.07, 6.45) is 20.9. The van der Waals surface area contributed by atoms with Gasteiger partial charge in [-0.3, -0.25) is 0 Å². The summed E-state index contributed by atoms with van der Waals surface area (Å²) in [6.45, 7) is 6.13. The van der Waals surface area contributed by atoms with E-state index in [2.05, 4.69) is 26.0 Å². The molecule has 0 fully saturated rings. The second kappa shape index (κ2) is 14.7. The van der Waals surface area contributed by atoms with E-state index in [1.54, 1.807) is 0 Å². The van der Waals surface area contributed by atoms with E-state index in [1.165, 1.54) is 70.6 Å². The molecule has 0 amide bonds. The first-order chi connectivity index (χ1) is 7.91. The van der Waals surface area contributed by atoms with Gasteiger partial charge in [-0.2, -0.15) is 0 Å². The van der Waals surface area contributed by atoms with Crippen LogP contribution in [-0.2, 0) is 0 Å². The molecule has 0 aromatic rings. The Bertz CT molecular complexity index is 135. The largest absolute Gasteiger partial charge is 0.0885 e. The Kier molecular flexibility index (Phi) is 14.5. The number of unbranched alkanes of at least 4 members (excludes halogenated alkanes) is 10. The molecular weight excluding hydrogens is 192 g/mol. The highest BCUT2D eigenvalue weighted by Crippen LogP contribution is 2.08. The molecule has 0 aliphatic rings. The average Bonchev–Trinajstić information content (AvgIpc) is 2.31. The molecule has 0 nitrogen and oxygen atoms in total. The van der Waals surface area contributed by atoms with Gasteiger partial charge in [0.25, 0.3) is 0 Å². The summed E-state index contributed by atoms with van der Waals surface area (Å²) in [5.74, 6) is 0. The van der Waals surface area contributed by atoms with Crippen molar-refractivity contribution < 1.29 is 0 Å². The fraction of sp³-hybridized carbons (Fsp3) is 0.812. The van der Waals surface area contributed by atoms with Crippen LogP contribution in [0.2, 0.25) is 0 Å². The van der Waals surface area contributed by atoms with Crippen LogP contribution in [0.1, 0.15) is 84.0 Å². The van der Waals surface area contributed by atoms with Crippen LogP contribution in [-0.4, -0.2) is 0 Å². The van der Waals surface area contributed by atoms with E-state index in [9.17, 15) is 0 Å². The van der Waals surface area contributed by atoms with Gasteiger partial charge in [-0.25, -0.2) is 0 Å². The van der Waals surface area contributed by atoms with Crippen LogP contribution in [0.25, 0.3) is 0 Å². The zero-order valence-electron chi connectivity index (χ0n) is 11.3. The van der Waals surface area contributed by atoms with Gasteiger partial charge in [0.05, 0.1) is 0 Å². The summed E-state index contributed by atoms with van der Waals surface area (Å²) in [5.41, 5.74) is 0. The molecule has 16 heavy (non-hydrogen) atoms. The molecule has 0 heteroatoms. The highest BCUT2D eigenvalue weighted by Gasteiger charge is 1.88. The van der Waals surface area contributed by atoms with E-state index in [-0.39, 0.29) is 0 Å². The van der Waals surface area contributed by atoms with Gasteiger partial charge in [-0.1, -0.05) is 77.4 Å². The molecule has 0 spiro atoms. The lowest BCUT2D eigenvalue weighted by molar-refractivity contribution is 0.620. The summed E-state index contributed by atoms with van der Waals surface area (Å²) in [7, 11) is 0. The van der Waals surface area contributed by atoms with Crippen molar-refractivity contribution >= 4 is 0 Å². The van der Waals surface area contributed by atoms with Gasteiger partial charge in [0, 0.05) is 0 Å². The summed E-state index contributed by atoms with van der Waals surface area (Å²) in [5, 5.41) is 0. The molecule has 0 unspecified atom stereocenters. The lowest BCUT2D eigenvalue weighted by atomic mass is 10.1. The van der Waals surface area contributed by atoms with Gasteiger partial charge < -0.3 is 0 Å². The predicted octanol–water partition coefficient (Wildman–Crippen LogP) is 6.08. The van der Waals surface area contributed by atoms with Crippen molar-refractivity contribution in [2.45, 2.75) is 84.0 Å². The van der Waals surface area contributed by atoms with Crippen molar-refractivity contribution in [2.24, 2.45) is 0 Å². The van der Waals surface area contributed by atoms with Gasteiger partial charge in [-0.15, -0.1) is 0 Å². The molecule has 0 aliphatic heterocycles. The van der Waals surface area contributed by atoms with Gasteiger partial charge in [0.15, 0.2) is 0 Å². The van der Waals surface area contributed by atoms with Gasteiger partial charge >= 0.3 is 0 Å². The predicted molar refractivity (Wildman–Crippen MR) is 75.6 cm³/mol. The summed E-state index contributed by atoms with van der Waals surface area (Å²) in [4.78, 5) is 0. The molecule has 1 radical (unpaired) electrons. The van der Waals surface area contributed by atoms with Crippen LogP contribution in [0.4, 0.5) is 0 Å². The van der Waals surface area contributed by atoms with E-state index < -0.39 is 0 Å². The second-order valence-corrected chi connectivity index (χ2v) is 4.73. The Hall–Kier alpha value is -0.260. The normalized spacial score (nSPS) is 11.4. The van der Waals surface area contributed by atoms with Crippen LogP contribution in [0.3, 0.4) is 0 Å². The number of allylic oxidation sites excluding steroid dienone is 2. The lowest BCUT2D eigenvalue weighted by Crippen LogP contribution is -1.78. The van der Waals surface area contributed by atoms with E-state index >= 15 is 0 Å². The lowest BCUT2D eigenvalue weighted by Gasteiger charge is -1.98. The summed E-state index contributed by atoms with van der Waals surface area (Å²) < 4.78 is 0. The van der Waals surface area contributed by atoms with Crippen LogP contribution in [0.15, 0.2) is 12.2 Å². The monoisotopic (exact) mass is 223 g/mol. The molecule has 0 aliphatic carbocycles. The summed E-state index contributed by atoms with van der Waals surface area (Å²) in [6, 6.07) is 0. The molecule has 0 aromatic carbocycles. The van der Waals surface area contributed by atoms with E-state index in [0.29, 0.717) is 0 Å². The maximum atomic E-state index is 3.86. The van der Waals surface area contributed by atoms with Gasteiger partial charge in [0.1, 0.15) is 0 Å². The first kappa shape index (κ1) is 15.7. The fourth-order valence-corrected chi connectivity index (χ4v) is 1.89. The van der Waals surface area contributed by atoms with Crippen LogP contribution < -0.4 is 0 Å². The first-order valence-corrected chi connectivity index (χ1v) is 7.36. The molecule has 0 bridgehead atoms. The molecule has 0 saturated heterocycles. The third kappa shape index (κ3) is 13.7. The minimum absolute atomic E-state index is 1.11. The Morgan fingerprint density at radius 1 is 0.688 bits per heavy atom. The zero-order valence-corrected chi connectivity index (χ0v) is 11.3. The molecule has 95 valence electrons. The van der Waals surface area contributed by atoms with Crippen molar-refractivity contribution in [2.75, 3.05) is 0 Å². The third-order valence-corrected chi connectivity index (χ3v) is 3.01. The SMILES string of the molecule is [CH2]CCCCCCCC=CCCCCCC. The van der Waals surface area contributed by atoms with E-state index in [4.69, 9.17) is 0 Å².